The smallest absolute Gasteiger partial charge is 0.0581 e. The summed E-state index contributed by atoms with van der Waals surface area (Å²) < 4.78 is 5.90. The fourth-order valence-corrected chi connectivity index (χ4v) is 3.05. The molecule has 2 nitrogen and oxygen atoms in total. The predicted octanol–water partition coefficient (Wildman–Crippen LogP) is 2.32. The van der Waals surface area contributed by atoms with Gasteiger partial charge in [0.25, 0.3) is 0 Å². The minimum atomic E-state index is 0.487. The molecule has 0 aromatic rings. The molecule has 2 N–H and O–H groups in total. The standard InChI is InChI=1S/C12H23NO/c1-2-3-6-14-11-7-9-4-5-10(8-11)12(9)13/h9-12H,2-8,13H2,1H3/t9-,10+,11+,12?. The molecule has 0 aliphatic heterocycles. The lowest BCUT2D eigenvalue weighted by Gasteiger charge is -2.32. The van der Waals surface area contributed by atoms with Crippen molar-refractivity contribution in [3.8, 4) is 0 Å². The molecule has 0 amide bonds. The van der Waals surface area contributed by atoms with Crippen LogP contribution in [0.2, 0.25) is 0 Å². The van der Waals surface area contributed by atoms with Crippen molar-refractivity contribution in [3.05, 3.63) is 0 Å². The molecule has 0 aromatic heterocycles. The van der Waals surface area contributed by atoms with Crippen LogP contribution in [0.5, 0.6) is 0 Å². The predicted molar refractivity (Wildman–Crippen MR) is 58.1 cm³/mol. The average molecular weight is 197 g/mol. The summed E-state index contributed by atoms with van der Waals surface area (Å²) in [6.07, 6.45) is 8.11. The van der Waals surface area contributed by atoms with Gasteiger partial charge in [-0.05, 0) is 43.9 Å². The lowest BCUT2D eigenvalue weighted by atomic mass is 9.83. The van der Waals surface area contributed by atoms with E-state index >= 15 is 0 Å². The van der Waals surface area contributed by atoms with E-state index in [1.54, 1.807) is 0 Å². The van der Waals surface area contributed by atoms with Crippen molar-refractivity contribution >= 4 is 0 Å². The lowest BCUT2D eigenvalue weighted by molar-refractivity contribution is 0.00298. The SMILES string of the molecule is CCCCO[C@H]1C[C@H]2CC[C@@H](C1)C2N. The van der Waals surface area contributed by atoms with Crippen LogP contribution in [0.25, 0.3) is 0 Å². The maximum atomic E-state index is 6.15. The van der Waals surface area contributed by atoms with E-state index in [1.807, 2.05) is 0 Å². The molecule has 14 heavy (non-hydrogen) atoms. The highest BCUT2D eigenvalue weighted by Gasteiger charge is 2.40. The van der Waals surface area contributed by atoms with Crippen LogP contribution in [-0.2, 0) is 4.74 Å². The van der Waals surface area contributed by atoms with Crippen molar-refractivity contribution in [2.24, 2.45) is 17.6 Å². The van der Waals surface area contributed by atoms with Gasteiger partial charge in [0.1, 0.15) is 0 Å². The summed E-state index contributed by atoms with van der Waals surface area (Å²) in [6.45, 7) is 3.17. The van der Waals surface area contributed by atoms with Crippen molar-refractivity contribution in [2.45, 2.75) is 57.6 Å². The second-order valence-corrected chi connectivity index (χ2v) is 4.99. The maximum Gasteiger partial charge on any atom is 0.0581 e. The summed E-state index contributed by atoms with van der Waals surface area (Å²) in [7, 11) is 0. The zero-order valence-electron chi connectivity index (χ0n) is 9.24. The monoisotopic (exact) mass is 197 g/mol. The van der Waals surface area contributed by atoms with Crippen LogP contribution in [-0.4, -0.2) is 18.8 Å². The Kier molecular flexibility index (Phi) is 3.45. The first-order chi connectivity index (χ1) is 6.81. The topological polar surface area (TPSA) is 35.2 Å². The summed E-state index contributed by atoms with van der Waals surface area (Å²) in [5.74, 6) is 1.53. The molecule has 0 aromatic carbocycles. The molecular weight excluding hydrogens is 174 g/mol. The van der Waals surface area contributed by atoms with Crippen molar-refractivity contribution in [1.82, 2.24) is 0 Å². The first-order valence-electron chi connectivity index (χ1n) is 6.18. The Balaban J connectivity index is 1.76. The zero-order valence-corrected chi connectivity index (χ0v) is 9.24. The van der Waals surface area contributed by atoms with E-state index in [-0.39, 0.29) is 0 Å². The first kappa shape index (κ1) is 10.4. The minimum absolute atomic E-state index is 0.487. The molecule has 2 rings (SSSR count). The van der Waals surface area contributed by atoms with E-state index in [2.05, 4.69) is 6.92 Å². The van der Waals surface area contributed by atoms with Crippen molar-refractivity contribution in [1.29, 1.82) is 0 Å². The third-order valence-electron chi connectivity index (χ3n) is 3.98. The second kappa shape index (κ2) is 4.63. The molecule has 4 atom stereocenters. The Labute approximate surface area is 87.2 Å². The quantitative estimate of drug-likeness (QED) is 0.702. The van der Waals surface area contributed by atoms with Crippen LogP contribution < -0.4 is 5.73 Å². The first-order valence-corrected chi connectivity index (χ1v) is 6.18. The van der Waals surface area contributed by atoms with Crippen molar-refractivity contribution < 1.29 is 4.74 Å². The fraction of sp³-hybridized carbons (Fsp3) is 1.00. The summed E-state index contributed by atoms with van der Waals surface area (Å²) in [4.78, 5) is 0. The number of hydrogen-bond donors (Lipinski definition) is 1. The Morgan fingerprint density at radius 3 is 2.43 bits per heavy atom. The normalized spacial score (nSPS) is 41.6. The van der Waals surface area contributed by atoms with E-state index in [1.165, 1.54) is 38.5 Å². The molecular formula is C12H23NO. The Morgan fingerprint density at radius 2 is 1.86 bits per heavy atom. The fourth-order valence-electron chi connectivity index (χ4n) is 3.05. The van der Waals surface area contributed by atoms with Gasteiger partial charge >= 0.3 is 0 Å². The number of hydrogen-bond acceptors (Lipinski definition) is 2. The van der Waals surface area contributed by atoms with Gasteiger partial charge in [0.2, 0.25) is 0 Å². The third kappa shape index (κ3) is 2.12. The van der Waals surface area contributed by atoms with E-state index in [0.29, 0.717) is 12.1 Å². The summed E-state index contributed by atoms with van der Waals surface area (Å²) in [6, 6.07) is 0.487. The van der Waals surface area contributed by atoms with Crippen LogP contribution in [0.4, 0.5) is 0 Å². The maximum absolute atomic E-state index is 6.15. The van der Waals surface area contributed by atoms with Gasteiger partial charge in [-0.1, -0.05) is 13.3 Å². The van der Waals surface area contributed by atoms with Gasteiger partial charge in [-0.3, -0.25) is 0 Å². The Morgan fingerprint density at radius 1 is 1.21 bits per heavy atom. The summed E-state index contributed by atoms with van der Waals surface area (Å²) in [5, 5.41) is 0. The van der Waals surface area contributed by atoms with Crippen LogP contribution >= 0.6 is 0 Å². The number of nitrogens with two attached hydrogens (primary N) is 1. The third-order valence-corrected chi connectivity index (χ3v) is 3.98. The molecule has 2 saturated carbocycles. The highest BCUT2D eigenvalue weighted by atomic mass is 16.5. The number of ether oxygens (including phenoxy) is 1. The Bertz CT molecular complexity index is 169. The molecule has 2 fully saturated rings. The number of rotatable bonds is 4. The molecule has 1 unspecified atom stereocenters. The summed E-state index contributed by atoms with van der Waals surface area (Å²) >= 11 is 0. The molecule has 2 aliphatic rings. The molecule has 82 valence electrons. The largest absolute Gasteiger partial charge is 0.378 e. The van der Waals surface area contributed by atoms with Crippen LogP contribution in [0.1, 0.15) is 45.4 Å². The van der Waals surface area contributed by atoms with E-state index < -0.39 is 0 Å². The van der Waals surface area contributed by atoms with E-state index in [0.717, 1.165) is 18.4 Å². The average Bonchev–Trinajstić information content (AvgIpc) is 2.41. The highest BCUT2D eigenvalue weighted by molar-refractivity contribution is 4.95. The van der Waals surface area contributed by atoms with Crippen LogP contribution in [0.15, 0.2) is 0 Å². The van der Waals surface area contributed by atoms with Gasteiger partial charge in [0, 0.05) is 12.6 Å². The minimum Gasteiger partial charge on any atom is -0.378 e. The lowest BCUT2D eigenvalue weighted by Crippen LogP contribution is -2.40. The van der Waals surface area contributed by atoms with Crippen molar-refractivity contribution in [3.63, 3.8) is 0 Å². The van der Waals surface area contributed by atoms with E-state index in [4.69, 9.17) is 10.5 Å². The molecule has 0 saturated heterocycles. The number of fused-ring (bicyclic) bond motifs is 2. The summed E-state index contributed by atoms with van der Waals surface area (Å²) in [5.41, 5.74) is 6.15. The molecule has 2 aliphatic carbocycles. The van der Waals surface area contributed by atoms with Gasteiger partial charge in [-0.25, -0.2) is 0 Å². The molecule has 2 heteroatoms. The highest BCUT2D eigenvalue weighted by Crippen LogP contribution is 2.42. The van der Waals surface area contributed by atoms with E-state index in [9.17, 15) is 0 Å². The number of unbranched alkanes of at least 4 members (excludes halogenated alkanes) is 1. The second-order valence-electron chi connectivity index (χ2n) is 4.99. The Hall–Kier alpha value is -0.0800. The van der Waals surface area contributed by atoms with Gasteiger partial charge in [0.05, 0.1) is 6.10 Å². The van der Waals surface area contributed by atoms with Gasteiger partial charge in [0.15, 0.2) is 0 Å². The van der Waals surface area contributed by atoms with Crippen molar-refractivity contribution in [2.75, 3.05) is 6.61 Å². The van der Waals surface area contributed by atoms with Gasteiger partial charge in [-0.15, -0.1) is 0 Å². The van der Waals surface area contributed by atoms with Gasteiger partial charge < -0.3 is 10.5 Å². The van der Waals surface area contributed by atoms with Crippen LogP contribution in [0, 0.1) is 11.8 Å². The van der Waals surface area contributed by atoms with Crippen LogP contribution in [0.3, 0.4) is 0 Å². The molecule has 2 bridgehead atoms. The zero-order chi connectivity index (χ0) is 9.97. The molecule has 0 radical (unpaired) electrons. The molecule has 0 heterocycles. The van der Waals surface area contributed by atoms with Gasteiger partial charge in [-0.2, -0.15) is 0 Å². The molecule has 0 spiro atoms.